The minimum atomic E-state index is -0.448. The number of carbonyl (C=O) groups excluding carboxylic acids is 1. The Morgan fingerprint density at radius 2 is 1.86 bits per heavy atom. The second-order valence-corrected chi connectivity index (χ2v) is 4.04. The van der Waals surface area contributed by atoms with E-state index in [4.69, 9.17) is 4.74 Å². The number of methoxy groups -OCH3 is 1. The van der Waals surface area contributed by atoms with Crippen LogP contribution in [0.3, 0.4) is 0 Å². The van der Waals surface area contributed by atoms with Gasteiger partial charge in [0.25, 0.3) is 0 Å². The van der Waals surface area contributed by atoms with Gasteiger partial charge in [-0.1, -0.05) is 30.3 Å². The van der Waals surface area contributed by atoms with E-state index in [0.717, 1.165) is 5.56 Å². The van der Waals surface area contributed by atoms with E-state index in [1.807, 2.05) is 44.2 Å². The summed E-state index contributed by atoms with van der Waals surface area (Å²) in [4.78, 5) is 11.4. The number of hydrogen-bond acceptors (Lipinski definition) is 2. The van der Waals surface area contributed by atoms with Crippen molar-refractivity contribution in [3.05, 3.63) is 35.9 Å². The monoisotopic (exact) mass is 193 g/mol. The van der Waals surface area contributed by atoms with Gasteiger partial charge >= 0.3 is 5.97 Å². The largest absolute Gasteiger partial charge is 0.469 e. The topological polar surface area (TPSA) is 26.3 Å². The summed E-state index contributed by atoms with van der Waals surface area (Å²) in [5.41, 5.74) is 0.707. The van der Waals surface area contributed by atoms with Crippen molar-refractivity contribution in [3.63, 3.8) is 0 Å². The SMILES string of the molecule is COC(=O)[C@@](C)([13CH3])Cc1ccccc1. The van der Waals surface area contributed by atoms with Crippen molar-refractivity contribution < 1.29 is 9.53 Å². The first kappa shape index (κ1) is 10.8. The van der Waals surface area contributed by atoms with Crippen molar-refractivity contribution in [1.29, 1.82) is 0 Å². The number of carbonyl (C=O) groups is 1. The lowest BCUT2D eigenvalue weighted by Crippen LogP contribution is -2.27. The first-order valence-electron chi connectivity index (χ1n) is 4.68. The van der Waals surface area contributed by atoms with E-state index in [1.54, 1.807) is 0 Å². The van der Waals surface area contributed by atoms with Crippen LogP contribution in [0.25, 0.3) is 0 Å². The van der Waals surface area contributed by atoms with Gasteiger partial charge in [-0.15, -0.1) is 0 Å². The third-order valence-corrected chi connectivity index (χ3v) is 2.23. The van der Waals surface area contributed by atoms with Gasteiger partial charge in [0.1, 0.15) is 0 Å². The standard InChI is InChI=1S/C12H16O2/c1-12(2,11(13)14-3)9-10-7-5-4-6-8-10/h4-8H,9H2,1-3H3/i1+1/t12-/m1/s1. The van der Waals surface area contributed by atoms with E-state index in [9.17, 15) is 4.79 Å². The van der Waals surface area contributed by atoms with Gasteiger partial charge in [-0.2, -0.15) is 0 Å². The Morgan fingerprint density at radius 3 is 2.36 bits per heavy atom. The molecule has 0 aliphatic rings. The Bertz CT molecular complexity index is 301. The first-order chi connectivity index (χ1) is 6.56. The molecule has 0 heterocycles. The summed E-state index contributed by atoms with van der Waals surface area (Å²) in [6, 6.07) is 9.95. The van der Waals surface area contributed by atoms with Gasteiger partial charge in [-0.25, -0.2) is 0 Å². The van der Waals surface area contributed by atoms with Crippen LogP contribution in [0.5, 0.6) is 0 Å². The Labute approximate surface area is 84.9 Å². The fourth-order valence-corrected chi connectivity index (χ4v) is 1.45. The summed E-state index contributed by atoms with van der Waals surface area (Å²) in [5.74, 6) is -0.165. The molecule has 1 atom stereocenters. The van der Waals surface area contributed by atoms with E-state index >= 15 is 0 Å². The average molecular weight is 193 g/mol. The van der Waals surface area contributed by atoms with Gasteiger partial charge in [0, 0.05) is 0 Å². The average Bonchev–Trinajstić information content (AvgIpc) is 2.17. The number of ether oxygens (including phenoxy) is 1. The molecule has 0 bridgehead atoms. The Hall–Kier alpha value is -1.31. The van der Waals surface area contributed by atoms with Crippen molar-refractivity contribution >= 4 is 5.97 Å². The van der Waals surface area contributed by atoms with Crippen LogP contribution in [0.2, 0.25) is 0 Å². The lowest BCUT2D eigenvalue weighted by Gasteiger charge is -2.21. The Morgan fingerprint density at radius 1 is 1.29 bits per heavy atom. The second-order valence-electron chi connectivity index (χ2n) is 4.04. The van der Waals surface area contributed by atoms with Crippen molar-refractivity contribution in [2.24, 2.45) is 5.41 Å². The first-order valence-corrected chi connectivity index (χ1v) is 4.68. The molecule has 0 fully saturated rings. The minimum absolute atomic E-state index is 0.165. The molecule has 0 N–H and O–H groups in total. The van der Waals surface area contributed by atoms with Crippen LogP contribution < -0.4 is 0 Å². The Kier molecular flexibility index (Phi) is 3.28. The summed E-state index contributed by atoms with van der Waals surface area (Å²) < 4.78 is 4.75. The van der Waals surface area contributed by atoms with Crippen molar-refractivity contribution in [1.82, 2.24) is 0 Å². The molecule has 0 radical (unpaired) electrons. The molecule has 76 valence electrons. The maximum atomic E-state index is 11.4. The zero-order chi connectivity index (χ0) is 10.6. The summed E-state index contributed by atoms with van der Waals surface area (Å²) in [7, 11) is 1.43. The molecule has 0 saturated heterocycles. The third kappa shape index (κ3) is 2.59. The van der Waals surface area contributed by atoms with E-state index in [1.165, 1.54) is 7.11 Å². The molecule has 0 aliphatic heterocycles. The molecule has 0 aliphatic carbocycles. The van der Waals surface area contributed by atoms with Crippen LogP contribution in [0.15, 0.2) is 30.3 Å². The quantitative estimate of drug-likeness (QED) is 0.544. The lowest BCUT2D eigenvalue weighted by atomic mass is 9.91. The Balaban J connectivity index is 2.73. The number of esters is 1. The van der Waals surface area contributed by atoms with E-state index < -0.39 is 5.41 Å². The summed E-state index contributed by atoms with van der Waals surface area (Å²) in [6.45, 7) is 3.79. The zero-order valence-electron chi connectivity index (χ0n) is 8.91. The van der Waals surface area contributed by atoms with Crippen LogP contribution in [-0.4, -0.2) is 13.1 Å². The van der Waals surface area contributed by atoms with Crippen molar-refractivity contribution in [2.75, 3.05) is 7.11 Å². The van der Waals surface area contributed by atoms with E-state index in [2.05, 4.69) is 0 Å². The van der Waals surface area contributed by atoms with Crippen LogP contribution in [0.4, 0.5) is 0 Å². The van der Waals surface area contributed by atoms with Gasteiger partial charge in [-0.3, -0.25) is 4.79 Å². The lowest BCUT2D eigenvalue weighted by molar-refractivity contribution is -0.150. The molecule has 0 unspecified atom stereocenters. The molecule has 1 rings (SSSR count). The minimum Gasteiger partial charge on any atom is -0.469 e. The van der Waals surface area contributed by atoms with E-state index in [-0.39, 0.29) is 5.97 Å². The van der Waals surface area contributed by atoms with Gasteiger partial charge in [0.2, 0.25) is 0 Å². The molecule has 0 spiro atoms. The highest BCUT2D eigenvalue weighted by atomic mass is 16.5. The smallest absolute Gasteiger partial charge is 0.311 e. The molecule has 0 saturated carbocycles. The molecule has 2 heteroatoms. The fraction of sp³-hybridized carbons (Fsp3) is 0.417. The van der Waals surface area contributed by atoms with Crippen molar-refractivity contribution in [3.8, 4) is 0 Å². The predicted octanol–water partition coefficient (Wildman–Crippen LogP) is 2.43. The van der Waals surface area contributed by atoms with Crippen molar-refractivity contribution in [2.45, 2.75) is 20.3 Å². The summed E-state index contributed by atoms with van der Waals surface area (Å²) in [6.07, 6.45) is 0.709. The van der Waals surface area contributed by atoms with Crippen LogP contribution in [-0.2, 0) is 16.0 Å². The van der Waals surface area contributed by atoms with Gasteiger partial charge in [0.05, 0.1) is 12.5 Å². The molecular formula is C12H16O2. The van der Waals surface area contributed by atoms with Crippen LogP contribution in [0, 0.1) is 5.41 Å². The fourth-order valence-electron chi connectivity index (χ4n) is 1.45. The number of rotatable bonds is 3. The predicted molar refractivity (Wildman–Crippen MR) is 55.9 cm³/mol. The normalized spacial score (nSPS) is 14.5. The van der Waals surface area contributed by atoms with Crippen LogP contribution in [0.1, 0.15) is 19.4 Å². The maximum Gasteiger partial charge on any atom is 0.311 e. The van der Waals surface area contributed by atoms with Gasteiger partial charge < -0.3 is 4.74 Å². The van der Waals surface area contributed by atoms with Gasteiger partial charge in [-0.05, 0) is 25.8 Å². The molecule has 0 amide bonds. The maximum absolute atomic E-state index is 11.4. The second kappa shape index (κ2) is 4.27. The highest BCUT2D eigenvalue weighted by molar-refractivity contribution is 5.76. The highest BCUT2D eigenvalue weighted by Crippen LogP contribution is 2.22. The molecular weight excluding hydrogens is 177 g/mol. The van der Waals surface area contributed by atoms with E-state index in [0.29, 0.717) is 6.42 Å². The summed E-state index contributed by atoms with van der Waals surface area (Å²) in [5, 5.41) is 0. The number of hydrogen-bond donors (Lipinski definition) is 0. The molecule has 2 nitrogen and oxygen atoms in total. The summed E-state index contributed by atoms with van der Waals surface area (Å²) >= 11 is 0. The number of benzene rings is 1. The molecule has 1 aromatic carbocycles. The molecule has 0 aromatic heterocycles. The zero-order valence-corrected chi connectivity index (χ0v) is 8.91. The third-order valence-electron chi connectivity index (χ3n) is 2.23. The van der Waals surface area contributed by atoms with Gasteiger partial charge in [0.15, 0.2) is 0 Å². The van der Waals surface area contributed by atoms with Crippen LogP contribution >= 0.6 is 0 Å². The molecule has 1 aromatic rings. The molecule has 14 heavy (non-hydrogen) atoms. The highest BCUT2D eigenvalue weighted by Gasteiger charge is 2.28.